The molecule has 2 rings (SSSR count). The van der Waals surface area contributed by atoms with Gasteiger partial charge in [-0.3, -0.25) is 4.79 Å². The number of carbonyl (C=O) groups is 1. The van der Waals surface area contributed by atoms with Crippen LogP contribution in [0.1, 0.15) is 15.9 Å². The Bertz CT molecular complexity index is 821. The molecule has 2 aromatic rings. The van der Waals surface area contributed by atoms with Crippen LogP contribution in [0.3, 0.4) is 0 Å². The summed E-state index contributed by atoms with van der Waals surface area (Å²) in [6, 6.07) is 9.47. The van der Waals surface area contributed by atoms with Gasteiger partial charge in [0.25, 0.3) is 5.91 Å². The molecule has 2 aromatic carbocycles. The van der Waals surface area contributed by atoms with Crippen LogP contribution < -0.4 is 10.6 Å². The summed E-state index contributed by atoms with van der Waals surface area (Å²) in [6.45, 7) is 1.50. The van der Waals surface area contributed by atoms with Gasteiger partial charge in [0.1, 0.15) is 0 Å². The molecule has 10 heteroatoms. The number of halogens is 7. The highest BCUT2D eigenvalue weighted by atomic mass is 35.5. The molecule has 27 heavy (non-hydrogen) atoms. The number of amides is 1. The van der Waals surface area contributed by atoms with Crippen molar-refractivity contribution in [3.63, 3.8) is 0 Å². The summed E-state index contributed by atoms with van der Waals surface area (Å²) in [6.07, 6.45) is -11.8. The molecule has 1 amide bonds. The van der Waals surface area contributed by atoms with Gasteiger partial charge >= 0.3 is 18.0 Å². The van der Waals surface area contributed by atoms with Crippen LogP contribution in [0.15, 0.2) is 48.5 Å². The molecular weight excluding hydrogens is 398 g/mol. The zero-order chi connectivity index (χ0) is 20.5. The monoisotopic (exact) mass is 410 g/mol. The average Bonchev–Trinajstić information content (AvgIpc) is 2.52. The second-order valence-electron chi connectivity index (χ2n) is 5.70. The van der Waals surface area contributed by atoms with E-state index in [1.165, 1.54) is 36.5 Å². The van der Waals surface area contributed by atoms with E-state index >= 15 is 0 Å². The molecule has 0 bridgehead atoms. The van der Waals surface area contributed by atoms with Gasteiger partial charge in [0, 0.05) is 16.3 Å². The maximum atomic E-state index is 13.6. The average molecular weight is 411 g/mol. The van der Waals surface area contributed by atoms with Gasteiger partial charge < -0.3 is 10.6 Å². The van der Waals surface area contributed by atoms with Crippen molar-refractivity contribution in [1.29, 1.82) is 0 Å². The Morgan fingerprint density at radius 1 is 0.926 bits per heavy atom. The quantitative estimate of drug-likeness (QED) is 0.529. The van der Waals surface area contributed by atoms with E-state index in [2.05, 4.69) is 0 Å². The Labute approximate surface area is 155 Å². The Kier molecular flexibility index (Phi) is 5.65. The summed E-state index contributed by atoms with van der Waals surface area (Å²) in [5, 5.41) is 2.46. The van der Waals surface area contributed by atoms with Crippen molar-refractivity contribution in [3.8, 4) is 0 Å². The van der Waals surface area contributed by atoms with E-state index in [0.717, 1.165) is 29.6 Å². The van der Waals surface area contributed by atoms with Gasteiger partial charge in [-0.05, 0) is 42.8 Å². The van der Waals surface area contributed by atoms with Crippen molar-refractivity contribution in [2.45, 2.75) is 24.9 Å². The molecule has 0 aliphatic carbocycles. The SMILES string of the molecule is Cc1cccc(NC(NC(=O)c2cccc(Cl)c2)(C(F)(F)F)C(F)(F)F)c1. The number of aryl methyl sites for hydroxylation is 1. The van der Waals surface area contributed by atoms with Crippen molar-refractivity contribution in [3.05, 3.63) is 64.7 Å². The summed E-state index contributed by atoms with van der Waals surface area (Å²) >= 11 is 5.65. The maximum Gasteiger partial charge on any atom is 0.439 e. The van der Waals surface area contributed by atoms with E-state index < -0.39 is 35.2 Å². The lowest BCUT2D eigenvalue weighted by molar-refractivity contribution is -0.294. The molecule has 0 aromatic heterocycles. The molecule has 0 atom stereocenters. The lowest BCUT2D eigenvalue weighted by atomic mass is 10.1. The first kappa shape index (κ1) is 20.9. The van der Waals surface area contributed by atoms with Crippen molar-refractivity contribution >= 4 is 23.2 Å². The van der Waals surface area contributed by atoms with E-state index in [0.29, 0.717) is 5.56 Å². The highest BCUT2D eigenvalue weighted by Crippen LogP contribution is 2.43. The number of hydrogen-bond donors (Lipinski definition) is 2. The van der Waals surface area contributed by atoms with Gasteiger partial charge in [-0.25, -0.2) is 0 Å². The van der Waals surface area contributed by atoms with Crippen molar-refractivity contribution < 1.29 is 31.1 Å². The first-order valence-electron chi connectivity index (χ1n) is 7.42. The largest absolute Gasteiger partial charge is 0.439 e. The van der Waals surface area contributed by atoms with Gasteiger partial charge in [-0.1, -0.05) is 29.8 Å². The molecule has 0 radical (unpaired) electrons. The molecule has 0 fully saturated rings. The molecule has 2 N–H and O–H groups in total. The lowest BCUT2D eigenvalue weighted by Gasteiger charge is -2.39. The van der Waals surface area contributed by atoms with Crippen LogP contribution in [0.5, 0.6) is 0 Å². The van der Waals surface area contributed by atoms with Crippen LogP contribution in [-0.2, 0) is 0 Å². The van der Waals surface area contributed by atoms with Gasteiger partial charge in [0.2, 0.25) is 0 Å². The molecular formula is C17H13ClF6N2O. The maximum absolute atomic E-state index is 13.6. The van der Waals surface area contributed by atoms with Gasteiger partial charge in [0.15, 0.2) is 0 Å². The number of carbonyl (C=O) groups excluding carboxylic acids is 1. The van der Waals surface area contributed by atoms with Crippen LogP contribution >= 0.6 is 11.6 Å². The van der Waals surface area contributed by atoms with Crippen molar-refractivity contribution in [2.75, 3.05) is 5.32 Å². The van der Waals surface area contributed by atoms with E-state index in [-0.39, 0.29) is 5.02 Å². The molecule has 146 valence electrons. The zero-order valence-electron chi connectivity index (χ0n) is 13.7. The fraction of sp³-hybridized carbons (Fsp3) is 0.235. The van der Waals surface area contributed by atoms with Gasteiger partial charge in [-0.2, -0.15) is 26.3 Å². The summed E-state index contributed by atoms with van der Waals surface area (Å²) in [4.78, 5) is 12.2. The van der Waals surface area contributed by atoms with Crippen LogP contribution in [0, 0.1) is 6.92 Å². The second-order valence-corrected chi connectivity index (χ2v) is 6.14. The molecule has 0 aliphatic rings. The fourth-order valence-electron chi connectivity index (χ4n) is 2.29. The molecule has 0 saturated heterocycles. The Morgan fingerprint density at radius 2 is 1.52 bits per heavy atom. The van der Waals surface area contributed by atoms with E-state index in [1.807, 2.05) is 0 Å². The Morgan fingerprint density at radius 3 is 2.04 bits per heavy atom. The molecule has 0 heterocycles. The minimum atomic E-state index is -5.90. The summed E-state index contributed by atoms with van der Waals surface area (Å²) in [5.74, 6) is -1.59. The molecule has 0 unspecified atom stereocenters. The van der Waals surface area contributed by atoms with E-state index in [1.54, 1.807) is 0 Å². The number of benzene rings is 2. The third-order valence-electron chi connectivity index (χ3n) is 3.59. The third kappa shape index (κ3) is 4.47. The summed E-state index contributed by atoms with van der Waals surface area (Å²) in [7, 11) is 0. The summed E-state index contributed by atoms with van der Waals surface area (Å²) < 4.78 is 81.5. The molecule has 0 spiro atoms. The van der Waals surface area contributed by atoms with E-state index in [9.17, 15) is 31.1 Å². The number of anilines is 1. The second kappa shape index (κ2) is 7.30. The predicted octanol–water partition coefficient (Wildman–Crippen LogP) is 5.31. The van der Waals surface area contributed by atoms with Crippen LogP contribution in [-0.4, -0.2) is 23.9 Å². The first-order chi connectivity index (χ1) is 12.4. The normalized spacial score (nSPS) is 12.6. The smallest absolute Gasteiger partial charge is 0.348 e. The number of nitrogens with one attached hydrogen (secondary N) is 2. The minimum absolute atomic E-state index is 0.0149. The van der Waals surface area contributed by atoms with Crippen LogP contribution in [0.25, 0.3) is 0 Å². The zero-order valence-corrected chi connectivity index (χ0v) is 14.4. The predicted molar refractivity (Wildman–Crippen MR) is 88.6 cm³/mol. The minimum Gasteiger partial charge on any atom is -0.348 e. The standard InChI is InChI=1S/C17H13ClF6N2O/c1-10-4-2-7-13(8-10)25-15(16(19,20)21,17(22,23)24)26-14(27)11-5-3-6-12(18)9-11/h2-9,25H,1H3,(H,26,27). The van der Waals surface area contributed by atoms with Crippen molar-refractivity contribution in [2.24, 2.45) is 0 Å². The van der Waals surface area contributed by atoms with Crippen LogP contribution in [0.2, 0.25) is 5.02 Å². The van der Waals surface area contributed by atoms with Crippen LogP contribution in [0.4, 0.5) is 32.0 Å². The fourth-order valence-corrected chi connectivity index (χ4v) is 2.48. The number of alkyl halides is 6. The number of hydrogen-bond acceptors (Lipinski definition) is 2. The Hall–Kier alpha value is -2.42. The highest BCUT2D eigenvalue weighted by molar-refractivity contribution is 6.30. The highest BCUT2D eigenvalue weighted by Gasteiger charge is 2.72. The molecule has 0 saturated carbocycles. The first-order valence-corrected chi connectivity index (χ1v) is 7.80. The topological polar surface area (TPSA) is 41.1 Å². The number of rotatable bonds is 4. The molecule has 0 aliphatic heterocycles. The Balaban J connectivity index is 2.53. The molecule has 3 nitrogen and oxygen atoms in total. The van der Waals surface area contributed by atoms with Crippen molar-refractivity contribution in [1.82, 2.24) is 5.32 Å². The summed E-state index contributed by atoms with van der Waals surface area (Å²) in [5.41, 5.74) is -5.19. The van der Waals surface area contributed by atoms with Gasteiger partial charge in [0.05, 0.1) is 0 Å². The lowest BCUT2D eigenvalue weighted by Crippen LogP contribution is -2.72. The third-order valence-corrected chi connectivity index (χ3v) is 3.82. The van der Waals surface area contributed by atoms with E-state index in [4.69, 9.17) is 11.6 Å². The van der Waals surface area contributed by atoms with Gasteiger partial charge in [-0.15, -0.1) is 0 Å².